The molecule has 0 aliphatic heterocycles. The SMILES string of the molecule is Oc1ccc(CNCC(O)C(F)(F)F)cc1F. The maximum absolute atomic E-state index is 12.8. The number of benzene rings is 1. The van der Waals surface area contributed by atoms with Crippen LogP contribution in [-0.4, -0.2) is 29.0 Å². The Labute approximate surface area is 94.7 Å². The number of alkyl halides is 3. The predicted octanol–water partition coefficient (Wildman–Crippen LogP) is 1.54. The molecule has 0 saturated carbocycles. The number of nitrogens with one attached hydrogen (secondary N) is 1. The molecule has 1 aromatic rings. The van der Waals surface area contributed by atoms with Crippen LogP contribution in [-0.2, 0) is 6.54 Å². The first kappa shape index (κ1) is 13.7. The molecule has 0 saturated heterocycles. The van der Waals surface area contributed by atoms with Crippen molar-refractivity contribution in [1.82, 2.24) is 5.32 Å². The molecule has 0 fully saturated rings. The van der Waals surface area contributed by atoms with Gasteiger partial charge in [0.1, 0.15) is 0 Å². The fourth-order valence-corrected chi connectivity index (χ4v) is 1.13. The number of halogens is 4. The number of aromatic hydroxyl groups is 1. The Kier molecular flexibility index (Phi) is 4.30. The van der Waals surface area contributed by atoms with Crippen molar-refractivity contribution in [3.05, 3.63) is 29.6 Å². The van der Waals surface area contributed by atoms with Gasteiger partial charge in [-0.1, -0.05) is 6.07 Å². The zero-order valence-electron chi connectivity index (χ0n) is 8.63. The third kappa shape index (κ3) is 4.20. The predicted molar refractivity (Wildman–Crippen MR) is 51.8 cm³/mol. The maximum atomic E-state index is 12.8. The number of hydrogen-bond acceptors (Lipinski definition) is 3. The normalized spacial score (nSPS) is 13.7. The maximum Gasteiger partial charge on any atom is 0.415 e. The van der Waals surface area contributed by atoms with E-state index in [0.29, 0.717) is 5.56 Å². The highest BCUT2D eigenvalue weighted by Crippen LogP contribution is 2.19. The van der Waals surface area contributed by atoms with Crippen LogP contribution in [0.5, 0.6) is 5.75 Å². The molecule has 0 bridgehead atoms. The molecule has 0 spiro atoms. The molecule has 0 heterocycles. The van der Waals surface area contributed by atoms with Crippen LogP contribution in [0.1, 0.15) is 5.56 Å². The van der Waals surface area contributed by atoms with Crippen molar-refractivity contribution >= 4 is 0 Å². The van der Waals surface area contributed by atoms with Gasteiger partial charge in [-0.3, -0.25) is 0 Å². The monoisotopic (exact) mass is 253 g/mol. The molecule has 0 amide bonds. The molecule has 3 nitrogen and oxygen atoms in total. The van der Waals surface area contributed by atoms with Crippen LogP contribution >= 0.6 is 0 Å². The Hall–Kier alpha value is -1.34. The van der Waals surface area contributed by atoms with E-state index in [1.165, 1.54) is 6.07 Å². The molecule has 1 rings (SSSR count). The average molecular weight is 253 g/mol. The van der Waals surface area contributed by atoms with E-state index in [1.807, 2.05) is 0 Å². The topological polar surface area (TPSA) is 52.5 Å². The molecule has 7 heteroatoms. The second kappa shape index (κ2) is 5.33. The van der Waals surface area contributed by atoms with Crippen LogP contribution in [0.4, 0.5) is 17.6 Å². The molecule has 0 aliphatic rings. The second-order valence-corrected chi connectivity index (χ2v) is 3.47. The van der Waals surface area contributed by atoms with Gasteiger partial charge in [-0.2, -0.15) is 13.2 Å². The number of hydrogen-bond donors (Lipinski definition) is 3. The molecule has 1 atom stereocenters. The largest absolute Gasteiger partial charge is 0.505 e. The summed E-state index contributed by atoms with van der Waals surface area (Å²) in [5.74, 6) is -1.37. The van der Waals surface area contributed by atoms with Crippen molar-refractivity contribution < 1.29 is 27.8 Å². The molecule has 17 heavy (non-hydrogen) atoms. The first-order chi connectivity index (χ1) is 7.80. The van der Waals surface area contributed by atoms with Crippen molar-refractivity contribution in [3.63, 3.8) is 0 Å². The van der Waals surface area contributed by atoms with Gasteiger partial charge in [-0.25, -0.2) is 4.39 Å². The van der Waals surface area contributed by atoms with Crippen molar-refractivity contribution in [2.75, 3.05) is 6.54 Å². The average Bonchev–Trinajstić information content (AvgIpc) is 2.22. The van der Waals surface area contributed by atoms with Crippen LogP contribution in [0.25, 0.3) is 0 Å². The first-order valence-corrected chi connectivity index (χ1v) is 4.73. The smallest absolute Gasteiger partial charge is 0.415 e. The summed E-state index contributed by atoms with van der Waals surface area (Å²) in [5, 5.41) is 19.9. The van der Waals surface area contributed by atoms with Gasteiger partial charge >= 0.3 is 6.18 Å². The van der Waals surface area contributed by atoms with E-state index < -0.39 is 30.4 Å². The fourth-order valence-electron chi connectivity index (χ4n) is 1.13. The van der Waals surface area contributed by atoms with Gasteiger partial charge in [0.15, 0.2) is 17.7 Å². The minimum atomic E-state index is -4.67. The van der Waals surface area contributed by atoms with E-state index in [2.05, 4.69) is 5.32 Å². The lowest BCUT2D eigenvalue weighted by Crippen LogP contribution is -2.38. The van der Waals surface area contributed by atoms with Crippen LogP contribution < -0.4 is 5.32 Å². The highest BCUT2D eigenvalue weighted by atomic mass is 19.4. The van der Waals surface area contributed by atoms with Crippen molar-refractivity contribution in [2.24, 2.45) is 0 Å². The minimum absolute atomic E-state index is 0.0374. The highest BCUT2D eigenvalue weighted by Gasteiger charge is 2.37. The minimum Gasteiger partial charge on any atom is -0.505 e. The van der Waals surface area contributed by atoms with Crippen molar-refractivity contribution in [1.29, 1.82) is 0 Å². The van der Waals surface area contributed by atoms with E-state index in [9.17, 15) is 17.6 Å². The third-order valence-corrected chi connectivity index (χ3v) is 2.06. The molecule has 96 valence electrons. The summed E-state index contributed by atoms with van der Waals surface area (Å²) >= 11 is 0. The summed E-state index contributed by atoms with van der Waals surface area (Å²) in [4.78, 5) is 0. The lowest BCUT2D eigenvalue weighted by atomic mass is 10.2. The van der Waals surface area contributed by atoms with E-state index in [4.69, 9.17) is 10.2 Å². The summed E-state index contributed by atoms with van der Waals surface area (Å²) in [6.45, 7) is -0.712. The third-order valence-electron chi connectivity index (χ3n) is 2.06. The Balaban J connectivity index is 2.44. The Bertz CT molecular complexity index is 381. The second-order valence-electron chi connectivity index (χ2n) is 3.47. The van der Waals surface area contributed by atoms with Gasteiger partial charge < -0.3 is 15.5 Å². The zero-order chi connectivity index (χ0) is 13.1. The number of rotatable bonds is 4. The van der Waals surface area contributed by atoms with Gasteiger partial charge in [0.25, 0.3) is 0 Å². The number of aliphatic hydroxyl groups is 1. The van der Waals surface area contributed by atoms with E-state index in [1.54, 1.807) is 0 Å². The number of phenols is 1. The molecule has 1 unspecified atom stereocenters. The van der Waals surface area contributed by atoms with Crippen molar-refractivity contribution in [3.8, 4) is 5.75 Å². The van der Waals surface area contributed by atoms with E-state index >= 15 is 0 Å². The van der Waals surface area contributed by atoms with Gasteiger partial charge in [-0.15, -0.1) is 0 Å². The molecule has 1 aromatic carbocycles. The van der Waals surface area contributed by atoms with Crippen molar-refractivity contribution in [2.45, 2.75) is 18.8 Å². The van der Waals surface area contributed by atoms with Gasteiger partial charge in [0.2, 0.25) is 0 Å². The summed E-state index contributed by atoms with van der Waals surface area (Å²) < 4.78 is 48.6. The molecule has 3 N–H and O–H groups in total. The summed E-state index contributed by atoms with van der Waals surface area (Å²) in [6.07, 6.45) is -7.13. The zero-order valence-corrected chi connectivity index (χ0v) is 8.63. The first-order valence-electron chi connectivity index (χ1n) is 4.73. The number of phenolic OH excluding ortho intramolecular Hbond substituents is 1. The highest BCUT2D eigenvalue weighted by molar-refractivity contribution is 5.27. The Morgan fingerprint density at radius 3 is 2.47 bits per heavy atom. The molecule has 0 radical (unpaired) electrons. The lowest BCUT2D eigenvalue weighted by molar-refractivity contribution is -0.201. The lowest BCUT2D eigenvalue weighted by Gasteiger charge is -2.15. The summed E-state index contributed by atoms with van der Waals surface area (Å²) in [5.41, 5.74) is 0.370. The quantitative estimate of drug-likeness (QED) is 0.713. The fraction of sp³-hybridized carbons (Fsp3) is 0.400. The summed E-state index contributed by atoms with van der Waals surface area (Å²) in [7, 11) is 0. The standard InChI is InChI=1S/C10H11F4NO2/c11-7-3-6(1-2-8(7)16)4-15-5-9(17)10(12,13)14/h1-3,9,15-17H,4-5H2. The van der Waals surface area contributed by atoms with Gasteiger partial charge in [-0.05, 0) is 17.7 Å². The Morgan fingerprint density at radius 1 is 1.29 bits per heavy atom. The molecular formula is C10H11F4NO2. The van der Waals surface area contributed by atoms with Gasteiger partial charge in [0, 0.05) is 13.1 Å². The van der Waals surface area contributed by atoms with E-state index in [-0.39, 0.29) is 6.54 Å². The summed E-state index contributed by atoms with van der Waals surface area (Å²) in [6, 6.07) is 3.47. The van der Waals surface area contributed by atoms with Crippen LogP contribution in [0.3, 0.4) is 0 Å². The Morgan fingerprint density at radius 2 is 1.94 bits per heavy atom. The van der Waals surface area contributed by atoms with Crippen LogP contribution in [0, 0.1) is 5.82 Å². The molecule has 0 aliphatic carbocycles. The van der Waals surface area contributed by atoms with Gasteiger partial charge in [0.05, 0.1) is 0 Å². The molecular weight excluding hydrogens is 242 g/mol. The number of aliphatic hydroxyl groups excluding tert-OH is 1. The molecule has 0 aromatic heterocycles. The van der Waals surface area contributed by atoms with Crippen LogP contribution in [0.15, 0.2) is 18.2 Å². The van der Waals surface area contributed by atoms with Crippen LogP contribution in [0.2, 0.25) is 0 Å². The van der Waals surface area contributed by atoms with E-state index in [0.717, 1.165) is 12.1 Å².